The molecule has 0 aliphatic heterocycles. The van der Waals surface area contributed by atoms with Crippen molar-refractivity contribution in [2.75, 3.05) is 0 Å². The van der Waals surface area contributed by atoms with Crippen LogP contribution in [0.4, 0.5) is 0 Å². The molecule has 7 nitrogen and oxygen atoms in total. The minimum absolute atomic E-state index is 0.109. The highest BCUT2D eigenvalue weighted by atomic mass is 16.1. The van der Waals surface area contributed by atoms with E-state index in [1.807, 2.05) is 35.0 Å². The van der Waals surface area contributed by atoms with Gasteiger partial charge in [-0.1, -0.05) is 24.3 Å². The zero-order valence-electron chi connectivity index (χ0n) is 14.6. The predicted octanol–water partition coefficient (Wildman–Crippen LogP) is 2.44. The molecule has 0 saturated carbocycles. The zero-order chi connectivity index (χ0) is 18.5. The van der Waals surface area contributed by atoms with Crippen LogP contribution < -0.4 is 5.32 Å². The van der Waals surface area contributed by atoms with E-state index in [4.69, 9.17) is 0 Å². The topological polar surface area (TPSA) is 77.6 Å². The number of hydrogen-bond acceptors (Lipinski definition) is 4. The highest BCUT2D eigenvalue weighted by Crippen LogP contribution is 2.09. The summed E-state index contributed by atoms with van der Waals surface area (Å²) in [6.45, 7) is 1.26. The monoisotopic (exact) mass is 358 g/mol. The lowest BCUT2D eigenvalue weighted by Crippen LogP contribution is -2.22. The maximum absolute atomic E-state index is 12.3. The maximum Gasteiger partial charge on any atom is 0.251 e. The van der Waals surface area contributed by atoms with Crippen LogP contribution in [0.2, 0.25) is 0 Å². The molecule has 27 heavy (non-hydrogen) atoms. The zero-order valence-corrected chi connectivity index (χ0v) is 14.6. The van der Waals surface area contributed by atoms with Gasteiger partial charge in [-0.05, 0) is 35.4 Å². The molecule has 7 heteroatoms. The number of aromatic nitrogens is 5. The number of rotatable bonds is 6. The second-order valence-corrected chi connectivity index (χ2v) is 6.12. The molecule has 0 radical (unpaired) electrons. The number of carbonyl (C=O) groups excluding carboxylic acids is 1. The molecule has 0 unspecified atom stereocenters. The first-order valence-electron chi connectivity index (χ1n) is 8.55. The van der Waals surface area contributed by atoms with Crippen molar-refractivity contribution in [2.45, 2.75) is 13.1 Å². The summed E-state index contributed by atoms with van der Waals surface area (Å²) in [5, 5.41) is 7.01. The van der Waals surface area contributed by atoms with E-state index in [2.05, 4.69) is 32.5 Å². The van der Waals surface area contributed by atoms with Gasteiger partial charge in [0.05, 0.1) is 12.0 Å². The third kappa shape index (κ3) is 4.09. The van der Waals surface area contributed by atoms with Crippen molar-refractivity contribution in [3.8, 4) is 5.69 Å². The fourth-order valence-corrected chi connectivity index (χ4v) is 2.75. The van der Waals surface area contributed by atoms with Gasteiger partial charge in [-0.15, -0.1) is 0 Å². The summed E-state index contributed by atoms with van der Waals surface area (Å²) in [6, 6.07) is 15.4. The maximum atomic E-state index is 12.3. The predicted molar refractivity (Wildman–Crippen MR) is 100 cm³/mol. The van der Waals surface area contributed by atoms with Gasteiger partial charge in [-0.2, -0.15) is 5.10 Å². The first kappa shape index (κ1) is 16.7. The molecule has 0 bridgehead atoms. The Morgan fingerprint density at radius 1 is 0.926 bits per heavy atom. The summed E-state index contributed by atoms with van der Waals surface area (Å²) in [5.41, 5.74) is 3.71. The number of carbonyl (C=O) groups is 1. The second-order valence-electron chi connectivity index (χ2n) is 6.12. The summed E-state index contributed by atoms with van der Waals surface area (Å²) in [6.07, 6.45) is 8.58. The molecule has 0 aliphatic rings. The molecule has 4 aromatic rings. The van der Waals surface area contributed by atoms with E-state index < -0.39 is 0 Å². The van der Waals surface area contributed by atoms with Gasteiger partial charge in [-0.3, -0.25) is 4.79 Å². The summed E-state index contributed by atoms with van der Waals surface area (Å²) in [5.74, 6) is -0.109. The van der Waals surface area contributed by atoms with Crippen LogP contribution in [0.3, 0.4) is 0 Å². The minimum atomic E-state index is -0.109. The number of benzene rings is 2. The summed E-state index contributed by atoms with van der Waals surface area (Å²) in [4.78, 5) is 20.3. The Bertz CT molecular complexity index is 990. The van der Waals surface area contributed by atoms with Gasteiger partial charge in [0.25, 0.3) is 5.91 Å². The second kappa shape index (κ2) is 7.65. The van der Waals surface area contributed by atoms with Crippen LogP contribution in [0, 0.1) is 0 Å². The number of amides is 1. The first-order chi connectivity index (χ1) is 13.3. The average Bonchev–Trinajstić information content (AvgIpc) is 3.42. The van der Waals surface area contributed by atoms with E-state index in [9.17, 15) is 4.79 Å². The molecule has 1 N–H and O–H groups in total. The molecule has 0 spiro atoms. The lowest BCUT2D eigenvalue weighted by Gasteiger charge is -2.08. The highest BCUT2D eigenvalue weighted by molar-refractivity contribution is 5.94. The van der Waals surface area contributed by atoms with Crippen molar-refractivity contribution in [2.24, 2.45) is 0 Å². The molecule has 2 aromatic heterocycles. The van der Waals surface area contributed by atoms with Gasteiger partial charge in [0.2, 0.25) is 0 Å². The molecule has 4 rings (SSSR count). The third-order valence-corrected chi connectivity index (χ3v) is 4.21. The van der Waals surface area contributed by atoms with Crippen LogP contribution in [0.15, 0.2) is 79.9 Å². The van der Waals surface area contributed by atoms with Crippen molar-refractivity contribution in [3.05, 3.63) is 96.6 Å². The van der Waals surface area contributed by atoms with Crippen molar-refractivity contribution in [1.29, 1.82) is 0 Å². The number of imidazole rings is 1. The molecule has 0 fully saturated rings. The van der Waals surface area contributed by atoms with Gasteiger partial charge in [-0.25, -0.2) is 14.6 Å². The number of hydrogen-bond donors (Lipinski definition) is 1. The molecule has 2 heterocycles. The third-order valence-electron chi connectivity index (χ3n) is 4.21. The summed E-state index contributed by atoms with van der Waals surface area (Å²) < 4.78 is 3.66. The molecule has 2 aromatic carbocycles. The van der Waals surface area contributed by atoms with E-state index in [-0.39, 0.29) is 5.91 Å². The number of nitrogens with one attached hydrogen (secondary N) is 1. The van der Waals surface area contributed by atoms with E-state index in [0.717, 1.165) is 17.8 Å². The normalized spacial score (nSPS) is 10.7. The van der Waals surface area contributed by atoms with E-state index >= 15 is 0 Å². The quantitative estimate of drug-likeness (QED) is 0.574. The smallest absolute Gasteiger partial charge is 0.251 e. The standard InChI is InChI=1S/C20H18N6O/c27-20(18-5-7-19(8-6-18)26-15-22-13-24-26)23-11-16-1-3-17(4-2-16)12-25-10-9-21-14-25/h1-10,13-15H,11-12H2,(H,23,27). The fraction of sp³-hybridized carbons (Fsp3) is 0.100. The van der Waals surface area contributed by atoms with Crippen molar-refractivity contribution < 1.29 is 4.79 Å². The molecular formula is C20H18N6O. The highest BCUT2D eigenvalue weighted by Gasteiger charge is 2.06. The SMILES string of the molecule is O=C(NCc1ccc(Cn2ccnc2)cc1)c1ccc(-n2cncn2)cc1. The lowest BCUT2D eigenvalue weighted by molar-refractivity contribution is 0.0951. The Morgan fingerprint density at radius 2 is 1.70 bits per heavy atom. The van der Waals surface area contributed by atoms with Crippen LogP contribution in [0.1, 0.15) is 21.5 Å². The fourth-order valence-electron chi connectivity index (χ4n) is 2.75. The van der Waals surface area contributed by atoms with Crippen molar-refractivity contribution in [1.82, 2.24) is 29.6 Å². The van der Waals surface area contributed by atoms with E-state index in [0.29, 0.717) is 12.1 Å². The Balaban J connectivity index is 1.33. The summed E-state index contributed by atoms with van der Waals surface area (Å²) in [7, 11) is 0. The summed E-state index contributed by atoms with van der Waals surface area (Å²) >= 11 is 0. The molecule has 1 amide bonds. The van der Waals surface area contributed by atoms with Crippen LogP contribution in [-0.4, -0.2) is 30.2 Å². The Labute approximate surface area is 156 Å². The molecule has 0 saturated heterocycles. The van der Waals surface area contributed by atoms with Gasteiger partial charge in [0.15, 0.2) is 0 Å². The van der Waals surface area contributed by atoms with E-state index in [1.54, 1.807) is 35.7 Å². The average molecular weight is 358 g/mol. The minimum Gasteiger partial charge on any atom is -0.348 e. The van der Waals surface area contributed by atoms with Gasteiger partial charge in [0, 0.05) is 31.0 Å². The van der Waals surface area contributed by atoms with Crippen LogP contribution >= 0.6 is 0 Å². The molecular weight excluding hydrogens is 340 g/mol. The molecule has 134 valence electrons. The lowest BCUT2D eigenvalue weighted by atomic mass is 10.1. The number of nitrogens with zero attached hydrogens (tertiary/aromatic N) is 5. The van der Waals surface area contributed by atoms with Crippen LogP contribution in [0.5, 0.6) is 0 Å². The van der Waals surface area contributed by atoms with Gasteiger partial charge >= 0.3 is 0 Å². The Hall–Kier alpha value is -3.74. The Kier molecular flexibility index (Phi) is 4.74. The largest absolute Gasteiger partial charge is 0.348 e. The van der Waals surface area contributed by atoms with Crippen LogP contribution in [0.25, 0.3) is 5.69 Å². The Morgan fingerprint density at radius 3 is 2.37 bits per heavy atom. The van der Waals surface area contributed by atoms with Gasteiger partial charge in [0.1, 0.15) is 12.7 Å². The molecule has 0 aliphatic carbocycles. The molecule has 0 atom stereocenters. The van der Waals surface area contributed by atoms with Gasteiger partial charge < -0.3 is 9.88 Å². The van der Waals surface area contributed by atoms with Crippen molar-refractivity contribution in [3.63, 3.8) is 0 Å². The first-order valence-corrected chi connectivity index (χ1v) is 8.55. The van der Waals surface area contributed by atoms with Crippen molar-refractivity contribution >= 4 is 5.91 Å². The van der Waals surface area contributed by atoms with Crippen LogP contribution in [-0.2, 0) is 13.1 Å². The van der Waals surface area contributed by atoms with E-state index in [1.165, 1.54) is 11.9 Å².